The van der Waals surface area contributed by atoms with Crippen molar-refractivity contribution in [3.05, 3.63) is 60.8 Å². The lowest BCUT2D eigenvalue weighted by molar-refractivity contribution is -0.307. The average Bonchev–Trinajstić information content (AvgIpc) is 2.94. The molecule has 0 aliphatic carbocycles. The molecule has 0 amide bonds. The number of allylic oxidation sites excluding steroid dienone is 5. The third-order valence-electron chi connectivity index (χ3n) is 6.94. The third-order valence-corrected chi connectivity index (χ3v) is 6.94. The first-order valence-corrected chi connectivity index (χ1v) is 14.5. The Bertz CT molecular complexity index is 880. The van der Waals surface area contributed by atoms with Gasteiger partial charge in [-0.2, -0.15) is 0 Å². The molecule has 9 atom stereocenters. The summed E-state index contributed by atoms with van der Waals surface area (Å²) in [4.78, 5) is 12.1. The van der Waals surface area contributed by atoms with Crippen LogP contribution in [-0.4, -0.2) is 100 Å². The fourth-order valence-electron chi connectivity index (χ4n) is 4.49. The summed E-state index contributed by atoms with van der Waals surface area (Å²) in [6, 6.07) is 0. The van der Waals surface area contributed by atoms with Crippen molar-refractivity contribution in [2.75, 3.05) is 13.7 Å². The van der Waals surface area contributed by atoms with E-state index in [0.717, 1.165) is 32.1 Å². The van der Waals surface area contributed by atoms with Crippen LogP contribution in [0.5, 0.6) is 0 Å². The van der Waals surface area contributed by atoms with Crippen LogP contribution >= 0.6 is 0 Å². The zero-order chi connectivity index (χ0) is 30.0. The van der Waals surface area contributed by atoms with E-state index in [-0.39, 0.29) is 12.2 Å². The first-order valence-electron chi connectivity index (χ1n) is 14.5. The van der Waals surface area contributed by atoms with Gasteiger partial charge in [0.05, 0.1) is 31.0 Å². The molecule has 0 aromatic heterocycles. The molecule has 41 heavy (non-hydrogen) atoms. The van der Waals surface area contributed by atoms with Crippen molar-refractivity contribution in [3.8, 4) is 0 Å². The van der Waals surface area contributed by atoms with Crippen LogP contribution < -0.4 is 0 Å². The van der Waals surface area contributed by atoms with E-state index >= 15 is 0 Å². The second-order valence-electron chi connectivity index (χ2n) is 10.4. The molecule has 0 radical (unpaired) electrons. The maximum absolute atomic E-state index is 12.1. The van der Waals surface area contributed by atoms with Crippen molar-refractivity contribution in [3.63, 3.8) is 0 Å². The summed E-state index contributed by atoms with van der Waals surface area (Å²) in [6.07, 6.45) is 14.8. The molecule has 0 unspecified atom stereocenters. The SMILES string of the molecule is CO[C@H]1/C=C/CCCCC[C@@H](C)OC(=O)/C=C\C=C\C[C@H](O[C@@H]2O[C@H](CO)[C@@H](O)[C@H](O)[C@H]2O)/C=C/C=C\C[C@H](O)C1. The third kappa shape index (κ3) is 13.6. The summed E-state index contributed by atoms with van der Waals surface area (Å²) in [5.74, 6) is -0.425. The minimum Gasteiger partial charge on any atom is -0.460 e. The minimum atomic E-state index is -1.55. The number of carbonyl (C=O) groups excluding carboxylic acids is 1. The van der Waals surface area contributed by atoms with Crippen molar-refractivity contribution in [1.29, 1.82) is 0 Å². The number of aliphatic hydroxyl groups excluding tert-OH is 5. The number of esters is 1. The van der Waals surface area contributed by atoms with Gasteiger partial charge in [0.1, 0.15) is 24.4 Å². The standard InChI is InChI=1S/C31H48O10/c1-22-14-8-4-3-5-10-18-25(38-2)20-23(33)15-9-6-11-16-24(17-12-7-13-19-27(34)39-22)40-31-30(37)29(36)28(35)26(21-32)41-31/h6-7,9-13,16,18-19,22-26,28-33,35-37H,3-5,8,14-15,17,20-21H2,1-2H3/b9-6-,12-7+,16-11+,18-10+,19-13-/t22-,23+,24-,25+,26-,28-,29+,30-,31-/m1/s1. The average molecular weight is 581 g/mol. The molecule has 0 spiro atoms. The predicted octanol–water partition coefficient (Wildman–Crippen LogP) is 2.39. The lowest BCUT2D eigenvalue weighted by atomic mass is 9.99. The Morgan fingerprint density at radius 1 is 0.878 bits per heavy atom. The molecule has 232 valence electrons. The number of aliphatic hydroxyl groups is 5. The molecule has 10 heteroatoms. The fraction of sp³-hybridized carbons (Fsp3) is 0.645. The Hall–Kier alpha value is -2.15. The Morgan fingerprint density at radius 2 is 1.63 bits per heavy atom. The van der Waals surface area contributed by atoms with E-state index < -0.39 is 55.5 Å². The molecule has 5 N–H and O–H groups in total. The van der Waals surface area contributed by atoms with Gasteiger partial charge in [-0.05, 0) is 45.4 Å². The number of methoxy groups -OCH3 is 1. The molecule has 0 bridgehead atoms. The Labute approximate surface area is 243 Å². The normalized spacial score (nSPS) is 39.5. The maximum Gasteiger partial charge on any atom is 0.331 e. The monoisotopic (exact) mass is 580 g/mol. The number of hydrogen-bond acceptors (Lipinski definition) is 10. The second-order valence-corrected chi connectivity index (χ2v) is 10.4. The number of hydrogen-bond donors (Lipinski definition) is 5. The molecular weight excluding hydrogens is 532 g/mol. The van der Waals surface area contributed by atoms with E-state index in [1.807, 2.05) is 19.1 Å². The summed E-state index contributed by atoms with van der Waals surface area (Å²) >= 11 is 0. The van der Waals surface area contributed by atoms with E-state index in [0.29, 0.717) is 19.3 Å². The van der Waals surface area contributed by atoms with E-state index in [1.165, 1.54) is 6.08 Å². The Kier molecular flexibility index (Phi) is 17.0. The molecule has 0 aromatic rings. The molecule has 0 aromatic carbocycles. The second kappa shape index (κ2) is 19.9. The minimum absolute atomic E-state index is 0.185. The molecule has 1 saturated heterocycles. The van der Waals surface area contributed by atoms with E-state index in [4.69, 9.17) is 18.9 Å². The largest absolute Gasteiger partial charge is 0.460 e. The summed E-state index contributed by atoms with van der Waals surface area (Å²) < 4.78 is 22.3. The quantitative estimate of drug-likeness (QED) is 0.247. The zero-order valence-electron chi connectivity index (χ0n) is 24.1. The molecular formula is C31H48O10. The summed E-state index contributed by atoms with van der Waals surface area (Å²) in [5, 5.41) is 50.4. The molecule has 0 saturated carbocycles. The first kappa shape index (κ1) is 35.0. The molecule has 2 heterocycles. The highest BCUT2D eigenvalue weighted by Gasteiger charge is 2.44. The fourth-order valence-corrected chi connectivity index (χ4v) is 4.49. The van der Waals surface area contributed by atoms with Crippen LogP contribution in [0.15, 0.2) is 60.8 Å². The predicted molar refractivity (Wildman–Crippen MR) is 154 cm³/mol. The van der Waals surface area contributed by atoms with Crippen LogP contribution in [0.25, 0.3) is 0 Å². The van der Waals surface area contributed by atoms with Crippen LogP contribution in [-0.2, 0) is 23.7 Å². The Balaban J connectivity index is 2.12. The summed E-state index contributed by atoms with van der Waals surface area (Å²) in [7, 11) is 1.62. The summed E-state index contributed by atoms with van der Waals surface area (Å²) in [6.45, 7) is 1.32. The molecule has 1 fully saturated rings. The van der Waals surface area contributed by atoms with Crippen LogP contribution in [0.2, 0.25) is 0 Å². The zero-order valence-corrected chi connectivity index (χ0v) is 24.1. The number of ether oxygens (including phenoxy) is 4. The van der Waals surface area contributed by atoms with Gasteiger partial charge in [-0.3, -0.25) is 0 Å². The highest BCUT2D eigenvalue weighted by molar-refractivity contribution is 5.82. The van der Waals surface area contributed by atoms with Crippen molar-refractivity contribution < 1.29 is 49.3 Å². The van der Waals surface area contributed by atoms with Gasteiger partial charge < -0.3 is 44.5 Å². The molecule has 2 rings (SSSR count). The first-order chi connectivity index (χ1) is 19.7. The Morgan fingerprint density at radius 3 is 2.39 bits per heavy atom. The molecule has 2 aliphatic heterocycles. The maximum atomic E-state index is 12.1. The van der Waals surface area contributed by atoms with E-state index in [2.05, 4.69) is 6.08 Å². The number of rotatable bonds is 4. The smallest absolute Gasteiger partial charge is 0.331 e. The van der Waals surface area contributed by atoms with Crippen molar-refractivity contribution >= 4 is 5.97 Å². The van der Waals surface area contributed by atoms with Gasteiger partial charge in [-0.1, -0.05) is 61.1 Å². The lowest BCUT2D eigenvalue weighted by Gasteiger charge is -2.40. The number of carbonyl (C=O) groups is 1. The van der Waals surface area contributed by atoms with Crippen LogP contribution in [0, 0.1) is 0 Å². The highest BCUT2D eigenvalue weighted by Crippen LogP contribution is 2.24. The van der Waals surface area contributed by atoms with Crippen LogP contribution in [0.4, 0.5) is 0 Å². The van der Waals surface area contributed by atoms with Gasteiger partial charge in [-0.15, -0.1) is 0 Å². The van der Waals surface area contributed by atoms with Gasteiger partial charge in [0.25, 0.3) is 0 Å². The molecule has 10 nitrogen and oxygen atoms in total. The van der Waals surface area contributed by atoms with Crippen molar-refractivity contribution in [2.45, 2.75) is 113 Å². The van der Waals surface area contributed by atoms with Gasteiger partial charge in [0.2, 0.25) is 0 Å². The topological polar surface area (TPSA) is 155 Å². The van der Waals surface area contributed by atoms with Gasteiger partial charge in [-0.25, -0.2) is 4.79 Å². The highest BCUT2D eigenvalue weighted by atomic mass is 16.7. The van der Waals surface area contributed by atoms with Gasteiger partial charge >= 0.3 is 5.97 Å². The van der Waals surface area contributed by atoms with Crippen LogP contribution in [0.3, 0.4) is 0 Å². The van der Waals surface area contributed by atoms with Crippen LogP contribution in [0.1, 0.15) is 58.3 Å². The summed E-state index contributed by atoms with van der Waals surface area (Å²) in [5.41, 5.74) is 0. The van der Waals surface area contributed by atoms with Crippen molar-refractivity contribution in [1.82, 2.24) is 0 Å². The van der Waals surface area contributed by atoms with E-state index in [9.17, 15) is 30.3 Å². The number of cyclic esters (lactones) is 1. The molecule has 2 aliphatic rings. The van der Waals surface area contributed by atoms with Gasteiger partial charge in [0, 0.05) is 19.6 Å². The van der Waals surface area contributed by atoms with Crippen molar-refractivity contribution in [2.24, 2.45) is 0 Å². The lowest BCUT2D eigenvalue weighted by Crippen LogP contribution is -2.59. The van der Waals surface area contributed by atoms with Gasteiger partial charge in [0.15, 0.2) is 6.29 Å². The van der Waals surface area contributed by atoms with E-state index in [1.54, 1.807) is 43.6 Å².